The number of benzene rings is 3. The minimum Gasteiger partial charge on any atom is -0.507 e. The van der Waals surface area contributed by atoms with Crippen LogP contribution in [-0.2, 0) is 10.6 Å². The molecule has 174 valence electrons. The zero-order valence-corrected chi connectivity index (χ0v) is 21.9. The number of rotatable bonds is 8. The molecule has 0 aliphatic carbocycles. The van der Waals surface area contributed by atoms with E-state index in [1.54, 1.807) is 0 Å². The predicted octanol–water partition coefficient (Wildman–Crippen LogP) is 8.16. The van der Waals surface area contributed by atoms with Crippen LogP contribution in [0.4, 0.5) is 5.69 Å². The number of aliphatic imine (C=N–C) groups is 1. The second-order valence-corrected chi connectivity index (χ2v) is 12.1. The Labute approximate surface area is 202 Å². The molecule has 0 fully saturated rings. The topological polar surface area (TPSA) is 32.6 Å². The molecule has 0 radical (unpaired) electrons. The first-order chi connectivity index (χ1) is 15.6. The van der Waals surface area contributed by atoms with Gasteiger partial charge in [0.1, 0.15) is 5.75 Å². The number of aryl methyl sites for hydroxylation is 1. The van der Waals surface area contributed by atoms with Gasteiger partial charge in [0, 0.05) is 22.5 Å². The van der Waals surface area contributed by atoms with Crippen molar-refractivity contribution in [1.82, 2.24) is 0 Å². The summed E-state index contributed by atoms with van der Waals surface area (Å²) in [7, 11) is 0.523. The normalized spacial score (nSPS) is 14.2. The van der Waals surface area contributed by atoms with E-state index < -0.39 is 0 Å². The number of hydrogen-bond donors (Lipinski definition) is 1. The fraction of sp³-hybridized carbons (Fsp3) is 0.367. The van der Waals surface area contributed by atoms with Crippen LogP contribution in [0, 0.1) is 6.92 Å². The molecule has 3 aromatic rings. The van der Waals surface area contributed by atoms with E-state index in [2.05, 4.69) is 71.0 Å². The highest BCUT2D eigenvalue weighted by atomic mass is 31.1. The van der Waals surface area contributed by atoms with E-state index in [0.29, 0.717) is 14.3 Å². The van der Waals surface area contributed by atoms with Crippen molar-refractivity contribution in [2.75, 3.05) is 0 Å². The van der Waals surface area contributed by atoms with E-state index in [1.807, 2.05) is 43.5 Å². The van der Waals surface area contributed by atoms with Crippen LogP contribution in [0.1, 0.15) is 76.1 Å². The number of nitrogens with zero attached hydrogens (tertiary/aromatic N) is 1. The number of hydrogen-bond acceptors (Lipinski definition) is 2. The van der Waals surface area contributed by atoms with Gasteiger partial charge < -0.3 is 5.11 Å². The third-order valence-corrected chi connectivity index (χ3v) is 8.07. The van der Waals surface area contributed by atoms with E-state index in [4.69, 9.17) is 4.99 Å². The molecule has 2 nitrogen and oxygen atoms in total. The lowest BCUT2D eigenvalue weighted by molar-refractivity contribution is 0.445. The molecular formula is C30H38NOP. The fourth-order valence-corrected chi connectivity index (χ4v) is 5.80. The number of aromatic hydroxyl groups is 1. The Morgan fingerprint density at radius 3 is 2.27 bits per heavy atom. The third-order valence-electron chi connectivity index (χ3n) is 6.27. The molecule has 0 saturated heterocycles. The summed E-state index contributed by atoms with van der Waals surface area (Å²) in [6.45, 7) is 13.3. The summed E-state index contributed by atoms with van der Waals surface area (Å²) in [4.78, 5) is 4.71. The molecule has 0 aromatic heterocycles. The van der Waals surface area contributed by atoms with Gasteiger partial charge in [0.25, 0.3) is 0 Å². The molecule has 0 aliphatic heterocycles. The molecule has 3 rings (SSSR count). The van der Waals surface area contributed by atoms with Crippen molar-refractivity contribution in [1.29, 1.82) is 0 Å². The molecule has 0 amide bonds. The Morgan fingerprint density at radius 2 is 1.61 bits per heavy atom. The van der Waals surface area contributed by atoms with Crippen LogP contribution in [0.3, 0.4) is 0 Å². The summed E-state index contributed by atoms with van der Waals surface area (Å²) in [5.74, 6) is 0.449. The lowest BCUT2D eigenvalue weighted by atomic mass is 9.82. The number of phenols is 1. The maximum absolute atomic E-state index is 11.2. The van der Waals surface area contributed by atoms with Crippen molar-refractivity contribution in [2.24, 2.45) is 4.99 Å². The standard InChI is InChI=1S/C30H38NOP/c1-7-8-18-30(6,26-20-24(29(3,4)5)19-22(2)28(26)32)33-27-17-13-12-14-23(27)21-31-25-15-10-9-11-16-25/h9-17,19-21,32-33H,7-8,18H2,1-6H3. The zero-order chi connectivity index (χ0) is 24.1. The van der Waals surface area contributed by atoms with E-state index in [9.17, 15) is 5.11 Å². The molecule has 0 bridgehead atoms. The SMILES string of the molecule is CCCCC(C)(Pc1ccccc1C=Nc1ccccc1)c1cc(C(C)(C)C)cc(C)c1O. The summed E-state index contributed by atoms with van der Waals surface area (Å²) >= 11 is 0. The first-order valence-electron chi connectivity index (χ1n) is 11.9. The Hall–Kier alpha value is -2.44. The first-order valence-corrected chi connectivity index (χ1v) is 12.9. The van der Waals surface area contributed by atoms with E-state index in [-0.39, 0.29) is 10.6 Å². The van der Waals surface area contributed by atoms with Gasteiger partial charge in [0.2, 0.25) is 0 Å². The largest absolute Gasteiger partial charge is 0.507 e. The van der Waals surface area contributed by atoms with Crippen molar-refractivity contribution < 1.29 is 5.11 Å². The molecule has 2 unspecified atom stereocenters. The van der Waals surface area contributed by atoms with Gasteiger partial charge in [-0.15, -0.1) is 0 Å². The summed E-state index contributed by atoms with van der Waals surface area (Å²) in [5.41, 5.74) is 5.45. The fourth-order valence-electron chi connectivity index (χ4n) is 4.11. The zero-order valence-electron chi connectivity index (χ0n) is 20.9. The van der Waals surface area contributed by atoms with Gasteiger partial charge >= 0.3 is 0 Å². The van der Waals surface area contributed by atoms with Gasteiger partial charge in [0.15, 0.2) is 0 Å². The van der Waals surface area contributed by atoms with Gasteiger partial charge in [0.05, 0.1) is 5.69 Å². The molecule has 0 heterocycles. The molecule has 2 atom stereocenters. The molecule has 0 spiro atoms. The maximum atomic E-state index is 11.2. The second kappa shape index (κ2) is 10.7. The van der Waals surface area contributed by atoms with Crippen molar-refractivity contribution in [3.05, 3.63) is 89.0 Å². The van der Waals surface area contributed by atoms with Crippen molar-refractivity contribution in [3.8, 4) is 5.75 Å². The van der Waals surface area contributed by atoms with Gasteiger partial charge in [-0.2, -0.15) is 0 Å². The minimum atomic E-state index is -0.150. The van der Waals surface area contributed by atoms with Crippen LogP contribution in [0.25, 0.3) is 0 Å². The molecule has 3 heteroatoms. The quantitative estimate of drug-likeness (QED) is 0.267. The molecule has 3 aromatic carbocycles. The lowest BCUT2D eigenvalue weighted by Gasteiger charge is -2.34. The Kier molecular flexibility index (Phi) is 8.14. The van der Waals surface area contributed by atoms with Crippen LogP contribution < -0.4 is 5.30 Å². The van der Waals surface area contributed by atoms with E-state index >= 15 is 0 Å². The van der Waals surface area contributed by atoms with Gasteiger partial charge in [-0.05, 0) is 47.3 Å². The molecule has 1 N–H and O–H groups in total. The average Bonchev–Trinajstić information content (AvgIpc) is 2.78. The highest BCUT2D eigenvalue weighted by Gasteiger charge is 2.32. The molecule has 0 aliphatic rings. The van der Waals surface area contributed by atoms with Gasteiger partial charge in [-0.1, -0.05) is 111 Å². The smallest absolute Gasteiger partial charge is 0.122 e. The van der Waals surface area contributed by atoms with Gasteiger partial charge in [-0.25, -0.2) is 0 Å². The van der Waals surface area contributed by atoms with Crippen LogP contribution >= 0.6 is 8.58 Å². The van der Waals surface area contributed by atoms with Crippen LogP contribution in [0.5, 0.6) is 5.75 Å². The summed E-state index contributed by atoms with van der Waals surface area (Å²) in [6.07, 6.45) is 5.28. The Bertz CT molecular complexity index is 1100. The van der Waals surface area contributed by atoms with Crippen LogP contribution in [0.15, 0.2) is 71.7 Å². The number of para-hydroxylation sites is 1. The summed E-state index contributed by atoms with van der Waals surface area (Å²) < 4.78 is 0. The molecule has 33 heavy (non-hydrogen) atoms. The van der Waals surface area contributed by atoms with E-state index in [1.165, 1.54) is 10.9 Å². The molecular weight excluding hydrogens is 421 g/mol. The third kappa shape index (κ3) is 6.33. The maximum Gasteiger partial charge on any atom is 0.122 e. The van der Waals surface area contributed by atoms with Crippen molar-refractivity contribution >= 4 is 25.8 Å². The number of unbranched alkanes of at least 4 members (excludes halogenated alkanes) is 1. The highest BCUT2D eigenvalue weighted by molar-refractivity contribution is 7.48. The highest BCUT2D eigenvalue weighted by Crippen LogP contribution is 2.50. The van der Waals surface area contributed by atoms with E-state index in [0.717, 1.165) is 41.6 Å². The lowest BCUT2D eigenvalue weighted by Crippen LogP contribution is -2.23. The summed E-state index contributed by atoms with van der Waals surface area (Å²) in [6, 6.07) is 23.0. The summed E-state index contributed by atoms with van der Waals surface area (Å²) in [5, 5.41) is 12.3. The Balaban J connectivity index is 2.05. The van der Waals surface area contributed by atoms with Gasteiger partial charge in [-0.3, -0.25) is 4.99 Å². The van der Waals surface area contributed by atoms with Crippen molar-refractivity contribution in [2.45, 2.75) is 71.4 Å². The van der Waals surface area contributed by atoms with Crippen LogP contribution in [-0.4, -0.2) is 11.3 Å². The predicted molar refractivity (Wildman–Crippen MR) is 147 cm³/mol. The average molecular weight is 460 g/mol. The molecule has 0 saturated carbocycles. The number of phenolic OH excluding ortho intramolecular Hbond substituents is 1. The Morgan fingerprint density at radius 1 is 0.939 bits per heavy atom. The minimum absolute atomic E-state index is 0.0300. The monoisotopic (exact) mass is 459 g/mol. The second-order valence-electron chi connectivity index (χ2n) is 10.2. The van der Waals surface area contributed by atoms with Crippen molar-refractivity contribution in [3.63, 3.8) is 0 Å². The first kappa shape index (κ1) is 25.2. The van der Waals surface area contributed by atoms with Crippen LogP contribution in [0.2, 0.25) is 0 Å².